The summed E-state index contributed by atoms with van der Waals surface area (Å²) in [6.07, 6.45) is 8.79. The van der Waals surface area contributed by atoms with Crippen molar-refractivity contribution >= 4 is 35.3 Å². The number of aliphatic hydroxyl groups excluding tert-OH is 1. The summed E-state index contributed by atoms with van der Waals surface area (Å²) >= 11 is 2.74. The molecule has 0 radical (unpaired) electrons. The van der Waals surface area contributed by atoms with Gasteiger partial charge in [0.25, 0.3) is 11.8 Å². The average molecular weight is 340 g/mol. The van der Waals surface area contributed by atoms with Crippen molar-refractivity contribution in [2.24, 2.45) is 0 Å². The highest BCUT2D eigenvalue weighted by atomic mass is 32.2. The van der Waals surface area contributed by atoms with E-state index in [9.17, 15) is 14.7 Å². The van der Waals surface area contributed by atoms with Gasteiger partial charge in [-0.3, -0.25) is 9.59 Å². The normalized spacial score (nSPS) is 40.7. The first-order chi connectivity index (χ1) is 10.3. The number of allylic oxidation sites excluding steroid dienone is 2. The van der Waals surface area contributed by atoms with Gasteiger partial charge < -0.3 is 14.9 Å². The summed E-state index contributed by atoms with van der Waals surface area (Å²) in [6.45, 7) is 1.77. The monoisotopic (exact) mass is 340 g/mol. The summed E-state index contributed by atoms with van der Waals surface area (Å²) < 4.78 is 0. The van der Waals surface area contributed by atoms with Gasteiger partial charge in [-0.1, -0.05) is 18.2 Å². The fourth-order valence-electron chi connectivity index (χ4n) is 3.56. The minimum atomic E-state index is -0.940. The topological polar surface area (TPSA) is 60.9 Å². The lowest BCUT2D eigenvalue weighted by Gasteiger charge is -2.53. The molecule has 7 heteroatoms. The largest absolute Gasteiger partial charge is 0.387 e. The first kappa shape index (κ1) is 16.0. The molecular formula is C15H20N2O3S2. The maximum absolute atomic E-state index is 13.2. The van der Waals surface area contributed by atoms with E-state index in [0.717, 1.165) is 5.57 Å². The van der Waals surface area contributed by atoms with Crippen LogP contribution in [0.2, 0.25) is 0 Å². The fourth-order valence-corrected chi connectivity index (χ4v) is 5.20. The molecule has 2 amide bonds. The van der Waals surface area contributed by atoms with Gasteiger partial charge in [0.05, 0.1) is 12.1 Å². The molecule has 0 saturated carbocycles. The molecule has 1 aliphatic carbocycles. The van der Waals surface area contributed by atoms with Crippen molar-refractivity contribution in [1.29, 1.82) is 0 Å². The molecule has 22 heavy (non-hydrogen) atoms. The van der Waals surface area contributed by atoms with Gasteiger partial charge in [-0.05, 0) is 25.0 Å². The Balaban J connectivity index is 2.18. The average Bonchev–Trinajstić information content (AvgIpc) is 2.88. The van der Waals surface area contributed by atoms with E-state index in [-0.39, 0.29) is 11.8 Å². The van der Waals surface area contributed by atoms with Crippen molar-refractivity contribution in [3.05, 3.63) is 23.8 Å². The molecule has 0 spiro atoms. The molecule has 0 aromatic carbocycles. The number of nitrogens with zero attached hydrogens (tertiary/aromatic N) is 2. The predicted molar refractivity (Wildman–Crippen MR) is 89.4 cm³/mol. The van der Waals surface area contributed by atoms with Crippen molar-refractivity contribution in [3.8, 4) is 0 Å². The van der Waals surface area contributed by atoms with Crippen molar-refractivity contribution < 1.29 is 14.7 Å². The zero-order chi connectivity index (χ0) is 16.3. The molecule has 120 valence electrons. The smallest absolute Gasteiger partial charge is 0.260 e. The molecule has 0 bridgehead atoms. The standard InChI is InChI=1S/C15H20N2O3S2/c1-14(21-3)12(19)17-11-9(6-5-7-10(11)18)8-15(17,22-4)13(20)16(14)2/h5-7,10-11,18H,8H2,1-4H3/t10-,11-,14+,15+/m0/s1. The minimum Gasteiger partial charge on any atom is -0.387 e. The van der Waals surface area contributed by atoms with E-state index in [1.54, 1.807) is 35.9 Å². The maximum Gasteiger partial charge on any atom is 0.260 e. The van der Waals surface area contributed by atoms with Crippen LogP contribution in [0.25, 0.3) is 0 Å². The third-order valence-electron chi connectivity index (χ3n) is 5.06. The Morgan fingerprint density at radius 3 is 2.55 bits per heavy atom. The molecule has 2 fully saturated rings. The summed E-state index contributed by atoms with van der Waals surface area (Å²) in [5.41, 5.74) is 0.949. The molecular weight excluding hydrogens is 320 g/mol. The van der Waals surface area contributed by atoms with Gasteiger partial charge in [0.2, 0.25) is 0 Å². The van der Waals surface area contributed by atoms with Crippen LogP contribution < -0.4 is 0 Å². The zero-order valence-electron chi connectivity index (χ0n) is 13.1. The van der Waals surface area contributed by atoms with Crippen LogP contribution in [-0.2, 0) is 9.59 Å². The molecule has 2 heterocycles. The molecule has 3 aliphatic rings. The zero-order valence-corrected chi connectivity index (χ0v) is 14.7. The number of amides is 2. The van der Waals surface area contributed by atoms with Gasteiger partial charge in [-0.15, -0.1) is 23.5 Å². The lowest BCUT2D eigenvalue weighted by Crippen LogP contribution is -2.72. The number of likely N-dealkylation sites (N-methyl/N-ethyl adjacent to an activating group) is 1. The van der Waals surface area contributed by atoms with E-state index in [1.165, 1.54) is 23.5 Å². The highest BCUT2D eigenvalue weighted by Crippen LogP contribution is 2.53. The van der Waals surface area contributed by atoms with Crippen LogP contribution >= 0.6 is 23.5 Å². The molecule has 1 N–H and O–H groups in total. The van der Waals surface area contributed by atoms with E-state index in [0.29, 0.717) is 6.42 Å². The number of aliphatic hydroxyl groups is 1. The Bertz CT molecular complexity index is 606. The Morgan fingerprint density at radius 1 is 1.27 bits per heavy atom. The summed E-state index contributed by atoms with van der Waals surface area (Å²) in [4.78, 5) is 27.6. The lowest BCUT2D eigenvalue weighted by molar-refractivity contribution is -0.164. The van der Waals surface area contributed by atoms with Crippen LogP contribution in [0.5, 0.6) is 0 Å². The fraction of sp³-hybridized carbons (Fsp3) is 0.600. The third-order valence-corrected chi connectivity index (χ3v) is 7.50. The molecule has 2 saturated heterocycles. The van der Waals surface area contributed by atoms with E-state index in [2.05, 4.69) is 0 Å². The van der Waals surface area contributed by atoms with Crippen molar-refractivity contribution in [3.63, 3.8) is 0 Å². The number of thioether (sulfide) groups is 2. The van der Waals surface area contributed by atoms with Gasteiger partial charge in [0, 0.05) is 13.5 Å². The predicted octanol–water partition coefficient (Wildman–Crippen LogP) is 1.05. The van der Waals surface area contributed by atoms with Crippen LogP contribution in [0.3, 0.4) is 0 Å². The SMILES string of the molecule is CS[C@]1(C)C(=O)N2[C@H]3C(=CC=C[C@@H]3O)C[C@@]2(SC)C(=O)N1C. The number of carbonyl (C=O) groups excluding carboxylic acids is 2. The van der Waals surface area contributed by atoms with Gasteiger partial charge >= 0.3 is 0 Å². The summed E-state index contributed by atoms with van der Waals surface area (Å²) in [5.74, 6) is -0.182. The van der Waals surface area contributed by atoms with E-state index in [1.807, 2.05) is 18.6 Å². The molecule has 0 aromatic heterocycles. The summed E-state index contributed by atoms with van der Waals surface area (Å²) in [5, 5.41) is 10.4. The molecule has 5 nitrogen and oxygen atoms in total. The Labute approximate surface area is 138 Å². The highest BCUT2D eigenvalue weighted by Gasteiger charge is 2.66. The number of hydrogen-bond acceptors (Lipinski definition) is 5. The van der Waals surface area contributed by atoms with Crippen LogP contribution in [0.1, 0.15) is 13.3 Å². The summed E-state index contributed by atoms with van der Waals surface area (Å²) in [7, 11) is 1.69. The van der Waals surface area contributed by atoms with Crippen LogP contribution in [0.4, 0.5) is 0 Å². The second-order valence-corrected chi connectivity index (χ2v) is 8.24. The Morgan fingerprint density at radius 2 is 1.95 bits per heavy atom. The van der Waals surface area contributed by atoms with Crippen molar-refractivity contribution in [1.82, 2.24) is 9.80 Å². The lowest BCUT2D eigenvalue weighted by atomic mass is 9.97. The number of piperazine rings is 1. The highest BCUT2D eigenvalue weighted by molar-refractivity contribution is 8.01. The molecule has 4 atom stereocenters. The first-order valence-electron chi connectivity index (χ1n) is 7.11. The van der Waals surface area contributed by atoms with Crippen molar-refractivity contribution in [2.75, 3.05) is 19.6 Å². The van der Waals surface area contributed by atoms with E-state index < -0.39 is 21.9 Å². The number of fused-ring (bicyclic) bond motifs is 3. The minimum absolute atomic E-state index is 0.0704. The van der Waals surface area contributed by atoms with E-state index >= 15 is 0 Å². The van der Waals surface area contributed by atoms with Crippen molar-refractivity contribution in [2.45, 2.75) is 35.2 Å². The quantitative estimate of drug-likeness (QED) is 0.814. The second kappa shape index (κ2) is 5.04. The van der Waals surface area contributed by atoms with Gasteiger partial charge in [0.15, 0.2) is 9.74 Å². The second-order valence-electron chi connectivity index (χ2n) is 5.95. The Kier molecular flexibility index (Phi) is 3.66. The molecule has 0 unspecified atom stereocenters. The first-order valence-corrected chi connectivity index (χ1v) is 9.56. The number of hydrogen-bond donors (Lipinski definition) is 1. The maximum atomic E-state index is 13.2. The van der Waals surface area contributed by atoms with Gasteiger partial charge in [-0.2, -0.15) is 0 Å². The molecule has 0 aromatic rings. The summed E-state index contributed by atoms with van der Waals surface area (Å²) in [6, 6.07) is -0.436. The van der Waals surface area contributed by atoms with Gasteiger partial charge in [-0.25, -0.2) is 0 Å². The number of carbonyl (C=O) groups is 2. The van der Waals surface area contributed by atoms with E-state index in [4.69, 9.17) is 0 Å². The Hall–Kier alpha value is -0.920. The molecule has 3 rings (SSSR count). The van der Waals surface area contributed by atoms with Crippen LogP contribution in [-0.4, -0.2) is 68.2 Å². The van der Waals surface area contributed by atoms with Crippen LogP contribution in [0.15, 0.2) is 23.8 Å². The van der Waals surface area contributed by atoms with Gasteiger partial charge in [0.1, 0.15) is 0 Å². The molecule has 2 aliphatic heterocycles. The number of rotatable bonds is 2. The van der Waals surface area contributed by atoms with Crippen LogP contribution in [0, 0.1) is 0 Å². The third kappa shape index (κ3) is 1.73.